The number of carbonyl (C=O) groups excluding carboxylic acids is 2. The van der Waals surface area contributed by atoms with Crippen LogP contribution in [0.1, 0.15) is 32.8 Å². The molecule has 2 N–H and O–H groups in total. The van der Waals surface area contributed by atoms with Crippen molar-refractivity contribution >= 4 is 17.6 Å². The molecular weight excluding hydrogens is 244 g/mol. The molecule has 0 aliphatic carbocycles. The summed E-state index contributed by atoms with van der Waals surface area (Å²) in [7, 11) is 1.75. The van der Waals surface area contributed by atoms with Gasteiger partial charge in [0.25, 0.3) is 0 Å². The summed E-state index contributed by atoms with van der Waals surface area (Å²) in [5.74, 6) is 0.0962. The van der Waals surface area contributed by atoms with E-state index in [4.69, 9.17) is 5.73 Å². The Morgan fingerprint density at radius 1 is 1.47 bits per heavy atom. The number of amides is 2. The molecule has 1 unspecified atom stereocenters. The number of hydrogen-bond donors (Lipinski definition) is 1. The molecule has 104 valence electrons. The van der Waals surface area contributed by atoms with Gasteiger partial charge in [-0.1, -0.05) is 13.8 Å². The lowest BCUT2D eigenvalue weighted by Crippen LogP contribution is -2.37. The molecule has 1 saturated heterocycles. The standard InChI is InChI=1S/C13H20N4O2/c1-8(2)13(3)5-10(18)17(12(13)19)11-9(6-14)7-16(4)15-11/h7-8H,5-6,14H2,1-4H3. The summed E-state index contributed by atoms with van der Waals surface area (Å²) in [5, 5.41) is 4.21. The summed E-state index contributed by atoms with van der Waals surface area (Å²) >= 11 is 0. The van der Waals surface area contributed by atoms with Gasteiger partial charge in [-0.05, 0) is 12.8 Å². The molecule has 6 nitrogen and oxygen atoms in total. The molecule has 1 aliphatic rings. The van der Waals surface area contributed by atoms with Crippen LogP contribution < -0.4 is 10.6 Å². The topological polar surface area (TPSA) is 81.2 Å². The van der Waals surface area contributed by atoms with Crippen molar-refractivity contribution in [2.75, 3.05) is 4.90 Å². The van der Waals surface area contributed by atoms with E-state index >= 15 is 0 Å². The van der Waals surface area contributed by atoms with Crippen molar-refractivity contribution in [1.29, 1.82) is 0 Å². The number of anilines is 1. The Labute approximate surface area is 112 Å². The normalized spacial score (nSPS) is 23.8. The Morgan fingerprint density at radius 2 is 2.11 bits per heavy atom. The predicted molar refractivity (Wildman–Crippen MR) is 71.2 cm³/mol. The second kappa shape index (κ2) is 4.45. The number of carbonyl (C=O) groups is 2. The van der Waals surface area contributed by atoms with E-state index in [1.165, 1.54) is 4.90 Å². The Morgan fingerprint density at radius 3 is 2.58 bits per heavy atom. The number of imide groups is 1. The Kier molecular flexibility index (Phi) is 3.22. The van der Waals surface area contributed by atoms with Gasteiger partial charge >= 0.3 is 0 Å². The van der Waals surface area contributed by atoms with Crippen molar-refractivity contribution < 1.29 is 9.59 Å². The van der Waals surface area contributed by atoms with Gasteiger partial charge in [-0.2, -0.15) is 5.10 Å². The van der Waals surface area contributed by atoms with Crippen LogP contribution in [0, 0.1) is 11.3 Å². The van der Waals surface area contributed by atoms with Crippen LogP contribution >= 0.6 is 0 Å². The van der Waals surface area contributed by atoms with E-state index in [9.17, 15) is 9.59 Å². The molecular formula is C13H20N4O2. The first-order valence-electron chi connectivity index (χ1n) is 6.41. The highest BCUT2D eigenvalue weighted by Crippen LogP contribution is 2.41. The summed E-state index contributed by atoms with van der Waals surface area (Å²) < 4.78 is 1.57. The van der Waals surface area contributed by atoms with Gasteiger partial charge in [0.05, 0.1) is 5.41 Å². The maximum Gasteiger partial charge on any atom is 0.241 e. The lowest BCUT2D eigenvalue weighted by atomic mass is 9.78. The molecule has 0 saturated carbocycles. The molecule has 1 aromatic rings. The zero-order chi connectivity index (χ0) is 14.4. The molecule has 1 atom stereocenters. The van der Waals surface area contributed by atoms with Crippen LogP contribution in [0.15, 0.2) is 6.20 Å². The number of hydrogen-bond acceptors (Lipinski definition) is 4. The molecule has 2 amide bonds. The minimum Gasteiger partial charge on any atom is -0.326 e. The number of aromatic nitrogens is 2. The predicted octanol–water partition coefficient (Wildman–Crippen LogP) is 0.804. The van der Waals surface area contributed by atoms with Crippen molar-refractivity contribution in [1.82, 2.24) is 9.78 Å². The fourth-order valence-electron chi connectivity index (χ4n) is 2.36. The molecule has 2 heterocycles. The molecule has 0 radical (unpaired) electrons. The van der Waals surface area contributed by atoms with E-state index in [1.54, 1.807) is 17.9 Å². The average Bonchev–Trinajstić information content (AvgIpc) is 2.79. The maximum absolute atomic E-state index is 12.6. The second-order valence-corrected chi connectivity index (χ2v) is 5.64. The first kappa shape index (κ1) is 13.7. The molecule has 2 rings (SSSR count). The number of nitrogens with two attached hydrogens (primary N) is 1. The first-order valence-corrected chi connectivity index (χ1v) is 6.41. The molecule has 19 heavy (non-hydrogen) atoms. The Balaban J connectivity index is 2.46. The largest absolute Gasteiger partial charge is 0.326 e. The quantitative estimate of drug-likeness (QED) is 0.819. The second-order valence-electron chi connectivity index (χ2n) is 5.64. The lowest BCUT2D eigenvalue weighted by Gasteiger charge is -2.25. The highest BCUT2D eigenvalue weighted by Gasteiger charge is 2.51. The van der Waals surface area contributed by atoms with Crippen molar-refractivity contribution in [3.05, 3.63) is 11.8 Å². The third-order valence-corrected chi connectivity index (χ3v) is 4.05. The molecule has 0 spiro atoms. The van der Waals surface area contributed by atoms with Gasteiger partial charge < -0.3 is 5.73 Å². The van der Waals surface area contributed by atoms with Crippen molar-refractivity contribution in [2.24, 2.45) is 24.1 Å². The van der Waals surface area contributed by atoms with Gasteiger partial charge in [0.15, 0.2) is 5.82 Å². The minimum absolute atomic E-state index is 0.0963. The maximum atomic E-state index is 12.6. The van der Waals surface area contributed by atoms with Gasteiger partial charge in [0.1, 0.15) is 0 Å². The molecule has 1 fully saturated rings. The van der Waals surface area contributed by atoms with Crippen LogP contribution in [0.4, 0.5) is 5.82 Å². The third kappa shape index (κ3) is 1.96. The number of rotatable bonds is 3. The summed E-state index contributed by atoms with van der Waals surface area (Å²) in [6.45, 7) is 6.00. The Hall–Kier alpha value is -1.69. The van der Waals surface area contributed by atoms with Gasteiger partial charge in [-0.3, -0.25) is 14.3 Å². The van der Waals surface area contributed by atoms with Crippen molar-refractivity contribution in [2.45, 2.75) is 33.7 Å². The number of nitrogens with zero attached hydrogens (tertiary/aromatic N) is 3. The third-order valence-electron chi connectivity index (χ3n) is 4.05. The van der Waals surface area contributed by atoms with Gasteiger partial charge in [0, 0.05) is 31.8 Å². The highest BCUT2D eigenvalue weighted by molar-refractivity contribution is 6.22. The first-order chi connectivity index (χ1) is 8.81. The van der Waals surface area contributed by atoms with Crippen LogP contribution in [0.5, 0.6) is 0 Å². The lowest BCUT2D eigenvalue weighted by molar-refractivity contribution is -0.126. The van der Waals surface area contributed by atoms with Crippen LogP contribution in [0.25, 0.3) is 0 Å². The highest BCUT2D eigenvalue weighted by atomic mass is 16.2. The van der Waals surface area contributed by atoms with E-state index < -0.39 is 5.41 Å². The SMILES string of the molecule is CC(C)C1(C)CC(=O)N(c2nn(C)cc2CN)C1=O. The van der Waals surface area contributed by atoms with Crippen LogP contribution in [0.2, 0.25) is 0 Å². The smallest absolute Gasteiger partial charge is 0.241 e. The molecule has 1 aromatic heterocycles. The summed E-state index contributed by atoms with van der Waals surface area (Å²) in [6.07, 6.45) is 1.96. The van der Waals surface area contributed by atoms with Gasteiger partial charge in [-0.25, -0.2) is 4.90 Å². The Bertz CT molecular complexity index is 535. The fourth-order valence-corrected chi connectivity index (χ4v) is 2.36. The summed E-state index contributed by atoms with van der Waals surface area (Å²) in [5.41, 5.74) is 5.70. The molecule has 0 bridgehead atoms. The zero-order valence-electron chi connectivity index (χ0n) is 11.8. The number of aryl methyl sites for hydroxylation is 1. The summed E-state index contributed by atoms with van der Waals surface area (Å²) in [6, 6.07) is 0. The van der Waals surface area contributed by atoms with Gasteiger partial charge in [-0.15, -0.1) is 0 Å². The van der Waals surface area contributed by atoms with E-state index in [2.05, 4.69) is 5.10 Å². The van der Waals surface area contributed by atoms with Crippen LogP contribution in [0.3, 0.4) is 0 Å². The van der Waals surface area contributed by atoms with E-state index in [-0.39, 0.29) is 30.7 Å². The minimum atomic E-state index is -0.652. The van der Waals surface area contributed by atoms with Gasteiger partial charge in [0.2, 0.25) is 11.8 Å². The molecule has 6 heteroatoms. The van der Waals surface area contributed by atoms with E-state index in [0.29, 0.717) is 11.4 Å². The zero-order valence-corrected chi connectivity index (χ0v) is 11.8. The van der Waals surface area contributed by atoms with E-state index in [1.807, 2.05) is 20.8 Å². The van der Waals surface area contributed by atoms with Crippen LogP contribution in [-0.4, -0.2) is 21.6 Å². The van der Waals surface area contributed by atoms with E-state index in [0.717, 1.165) is 0 Å². The monoisotopic (exact) mass is 264 g/mol. The fraction of sp³-hybridized carbons (Fsp3) is 0.615. The van der Waals surface area contributed by atoms with Crippen molar-refractivity contribution in [3.63, 3.8) is 0 Å². The van der Waals surface area contributed by atoms with Crippen molar-refractivity contribution in [3.8, 4) is 0 Å². The summed E-state index contributed by atoms with van der Waals surface area (Å²) in [4.78, 5) is 26.0. The average molecular weight is 264 g/mol. The molecule has 1 aliphatic heterocycles. The van der Waals surface area contributed by atoms with Crippen LogP contribution in [-0.2, 0) is 23.2 Å². The molecule has 0 aromatic carbocycles.